The molecule has 2 aliphatic heterocycles. The van der Waals surface area contributed by atoms with Crippen molar-refractivity contribution in [1.82, 2.24) is 4.90 Å². The lowest BCUT2D eigenvalue weighted by Gasteiger charge is -2.33. The molecule has 7 heteroatoms. The smallest absolute Gasteiger partial charge is 0.414 e. The van der Waals surface area contributed by atoms with Crippen molar-refractivity contribution in [3.8, 4) is 0 Å². The zero-order valence-electron chi connectivity index (χ0n) is 15.0. The van der Waals surface area contributed by atoms with Crippen molar-refractivity contribution in [2.75, 3.05) is 5.88 Å². The molecule has 0 bridgehead atoms. The molecule has 3 rings (SSSR count). The van der Waals surface area contributed by atoms with E-state index in [1.807, 2.05) is 0 Å². The summed E-state index contributed by atoms with van der Waals surface area (Å²) in [7, 11) is 0. The van der Waals surface area contributed by atoms with E-state index in [2.05, 4.69) is 26.8 Å². The van der Waals surface area contributed by atoms with Crippen molar-refractivity contribution in [2.24, 2.45) is 0 Å². The van der Waals surface area contributed by atoms with Gasteiger partial charge in [0.05, 0.1) is 11.7 Å². The number of allylic oxidation sites excluding steroid dienone is 1. The highest BCUT2D eigenvalue weighted by atomic mass is 35.5. The maximum Gasteiger partial charge on any atom is 0.414 e. The molecule has 2 saturated heterocycles. The van der Waals surface area contributed by atoms with Crippen LogP contribution in [0.5, 0.6) is 0 Å². The molecule has 140 valence electrons. The third-order valence-corrected chi connectivity index (χ3v) is 6.00. The number of halogens is 1. The molecule has 1 saturated carbocycles. The summed E-state index contributed by atoms with van der Waals surface area (Å²) in [5, 5.41) is 9.29. The molecule has 3 aliphatic rings. The summed E-state index contributed by atoms with van der Waals surface area (Å²) in [4.78, 5) is 24.1. The van der Waals surface area contributed by atoms with Crippen molar-refractivity contribution < 1.29 is 24.2 Å². The van der Waals surface area contributed by atoms with Gasteiger partial charge in [-0.15, -0.1) is 11.6 Å². The highest BCUT2D eigenvalue weighted by molar-refractivity contribution is 6.28. The van der Waals surface area contributed by atoms with E-state index in [0.717, 1.165) is 24.2 Å². The Balaban J connectivity index is 1.56. The third kappa shape index (κ3) is 3.44. The van der Waals surface area contributed by atoms with Gasteiger partial charge in [-0.3, -0.25) is 4.79 Å². The Labute approximate surface area is 153 Å². The molecule has 1 N–H and O–H groups in total. The van der Waals surface area contributed by atoms with Crippen molar-refractivity contribution in [1.29, 1.82) is 0 Å². The van der Waals surface area contributed by atoms with Crippen molar-refractivity contribution in [2.45, 2.75) is 82.3 Å². The second kappa shape index (κ2) is 6.56. The molecule has 2 amide bonds. The number of carboxylic acid groups (broad SMARTS) is 1. The van der Waals surface area contributed by atoms with E-state index in [1.165, 1.54) is 5.57 Å². The molecule has 1 aliphatic carbocycles. The summed E-state index contributed by atoms with van der Waals surface area (Å²) in [6, 6.07) is -0.311. The number of carbonyl (C=O) groups excluding carboxylic acids is 1. The minimum atomic E-state index is -1.22. The number of carbonyl (C=O) groups is 2. The van der Waals surface area contributed by atoms with E-state index in [0.29, 0.717) is 12.8 Å². The van der Waals surface area contributed by atoms with Crippen LogP contribution in [0.3, 0.4) is 0 Å². The Bertz CT molecular complexity index is 594. The fourth-order valence-electron chi connectivity index (χ4n) is 4.23. The lowest BCUT2D eigenvalue weighted by molar-refractivity contribution is -0.129. The monoisotopic (exact) mass is 371 g/mol. The SMILES string of the molecule is CC(C)=CCC1OC1(C)C1OC12CCC(N(C(=O)O)C(=O)CCl)CC2. The highest BCUT2D eigenvalue weighted by Crippen LogP contribution is 2.60. The zero-order valence-corrected chi connectivity index (χ0v) is 15.7. The molecular weight excluding hydrogens is 346 g/mol. The van der Waals surface area contributed by atoms with E-state index >= 15 is 0 Å². The largest absolute Gasteiger partial charge is 0.465 e. The first-order valence-electron chi connectivity index (χ1n) is 8.83. The van der Waals surface area contributed by atoms with Gasteiger partial charge in [0.2, 0.25) is 5.91 Å². The Morgan fingerprint density at radius 2 is 1.92 bits per heavy atom. The molecule has 25 heavy (non-hydrogen) atoms. The van der Waals surface area contributed by atoms with Crippen LogP contribution in [0, 0.1) is 0 Å². The minimum absolute atomic E-state index is 0.0681. The third-order valence-electron chi connectivity index (χ3n) is 5.77. The second-order valence-corrected chi connectivity index (χ2v) is 8.05. The van der Waals surface area contributed by atoms with E-state index < -0.39 is 12.0 Å². The number of hydrogen-bond donors (Lipinski definition) is 1. The Kier molecular flexibility index (Phi) is 4.90. The van der Waals surface area contributed by atoms with Crippen LogP contribution in [0.4, 0.5) is 4.79 Å². The minimum Gasteiger partial charge on any atom is -0.465 e. The van der Waals surface area contributed by atoms with Crippen LogP contribution in [0.1, 0.15) is 52.9 Å². The highest BCUT2D eigenvalue weighted by Gasteiger charge is 2.73. The van der Waals surface area contributed by atoms with Crippen molar-refractivity contribution >= 4 is 23.6 Å². The number of imide groups is 1. The molecule has 2 heterocycles. The van der Waals surface area contributed by atoms with Gasteiger partial charge in [0, 0.05) is 6.04 Å². The quantitative estimate of drug-likeness (QED) is 0.455. The van der Waals surface area contributed by atoms with Gasteiger partial charge >= 0.3 is 6.09 Å². The van der Waals surface area contributed by atoms with Crippen molar-refractivity contribution in [3.05, 3.63) is 11.6 Å². The van der Waals surface area contributed by atoms with Crippen molar-refractivity contribution in [3.63, 3.8) is 0 Å². The number of rotatable bonds is 5. The molecule has 0 aromatic heterocycles. The first kappa shape index (κ1) is 18.7. The van der Waals surface area contributed by atoms with Crippen LogP contribution >= 0.6 is 11.6 Å². The molecule has 3 fully saturated rings. The van der Waals surface area contributed by atoms with Crippen LogP contribution < -0.4 is 0 Å². The number of alkyl halides is 1. The van der Waals surface area contributed by atoms with Crippen LogP contribution in [0.25, 0.3) is 0 Å². The number of epoxide rings is 2. The Hall–Kier alpha value is -1.11. The maximum absolute atomic E-state index is 11.8. The maximum atomic E-state index is 11.8. The topological polar surface area (TPSA) is 82.7 Å². The Morgan fingerprint density at radius 3 is 2.44 bits per heavy atom. The van der Waals surface area contributed by atoms with Crippen LogP contribution in [-0.4, -0.2) is 57.3 Å². The normalized spacial score (nSPS) is 39.0. The zero-order chi connectivity index (χ0) is 18.4. The van der Waals surface area contributed by atoms with E-state index in [-0.39, 0.29) is 35.3 Å². The average Bonchev–Trinajstić information content (AvgIpc) is 3.44. The summed E-state index contributed by atoms with van der Waals surface area (Å²) in [5.74, 6) is -0.868. The fraction of sp³-hybridized carbons (Fsp3) is 0.778. The number of hydrogen-bond acceptors (Lipinski definition) is 4. The summed E-state index contributed by atoms with van der Waals surface area (Å²) in [6.45, 7) is 6.25. The Morgan fingerprint density at radius 1 is 1.28 bits per heavy atom. The molecular formula is C18H26ClNO5. The van der Waals surface area contributed by atoms with Gasteiger partial charge in [-0.05, 0) is 52.9 Å². The van der Waals surface area contributed by atoms with Gasteiger partial charge in [-0.1, -0.05) is 11.6 Å². The van der Waals surface area contributed by atoms with Gasteiger partial charge in [0.1, 0.15) is 17.6 Å². The first-order valence-corrected chi connectivity index (χ1v) is 9.37. The molecule has 1 spiro atoms. The van der Waals surface area contributed by atoms with Crippen LogP contribution in [0.2, 0.25) is 0 Å². The number of nitrogens with zero attached hydrogens (tertiary/aromatic N) is 1. The van der Waals surface area contributed by atoms with Gasteiger partial charge in [0.15, 0.2) is 0 Å². The van der Waals surface area contributed by atoms with E-state index in [1.54, 1.807) is 0 Å². The average molecular weight is 372 g/mol. The molecule has 3 unspecified atom stereocenters. The molecule has 0 aromatic carbocycles. The predicted octanol–water partition coefficient (Wildman–Crippen LogP) is 3.33. The summed E-state index contributed by atoms with van der Waals surface area (Å²) >= 11 is 5.54. The predicted molar refractivity (Wildman–Crippen MR) is 92.8 cm³/mol. The molecule has 3 atom stereocenters. The second-order valence-electron chi connectivity index (χ2n) is 7.78. The standard InChI is InChI=1S/C18H26ClNO5/c1-11(2)4-5-13-17(3,24-13)15-18(25-15)8-6-12(7-9-18)20(16(22)23)14(21)10-19/h4,12-13,15H,5-10H2,1-3H3,(H,22,23). The summed E-state index contributed by atoms with van der Waals surface area (Å²) < 4.78 is 12.0. The summed E-state index contributed by atoms with van der Waals surface area (Å²) in [6.07, 6.45) is 4.83. The van der Waals surface area contributed by atoms with Gasteiger partial charge < -0.3 is 14.6 Å². The number of ether oxygens (including phenoxy) is 2. The summed E-state index contributed by atoms with van der Waals surface area (Å²) in [5.41, 5.74) is 0.832. The van der Waals surface area contributed by atoms with Gasteiger partial charge in [0.25, 0.3) is 0 Å². The molecule has 0 radical (unpaired) electrons. The van der Waals surface area contributed by atoms with Crippen LogP contribution in [0.15, 0.2) is 11.6 Å². The van der Waals surface area contributed by atoms with Gasteiger partial charge in [-0.2, -0.15) is 0 Å². The van der Waals surface area contributed by atoms with E-state index in [9.17, 15) is 14.7 Å². The lowest BCUT2D eigenvalue weighted by atomic mass is 9.79. The fourth-order valence-corrected chi connectivity index (χ4v) is 4.36. The van der Waals surface area contributed by atoms with Gasteiger partial charge in [-0.25, -0.2) is 9.69 Å². The number of amides is 2. The molecule has 0 aromatic rings. The lowest BCUT2D eigenvalue weighted by Crippen LogP contribution is -2.47. The van der Waals surface area contributed by atoms with E-state index in [4.69, 9.17) is 21.1 Å². The first-order chi connectivity index (χ1) is 11.7. The van der Waals surface area contributed by atoms with Crippen LogP contribution in [-0.2, 0) is 14.3 Å². The molecule has 6 nitrogen and oxygen atoms in total.